The molecular weight excluding hydrogens is 226 g/mol. The number of hydrogen-bond acceptors (Lipinski definition) is 3. The summed E-state index contributed by atoms with van der Waals surface area (Å²) in [6, 6.07) is 1.97. The fourth-order valence-corrected chi connectivity index (χ4v) is 1.46. The third-order valence-electron chi connectivity index (χ3n) is 2.34. The summed E-state index contributed by atoms with van der Waals surface area (Å²) in [6.07, 6.45) is 1.64. The van der Waals surface area contributed by atoms with Crippen LogP contribution < -0.4 is 5.32 Å². The van der Waals surface area contributed by atoms with Crippen LogP contribution in [0.1, 0.15) is 48.5 Å². The van der Waals surface area contributed by atoms with Crippen LogP contribution in [0.25, 0.3) is 0 Å². The summed E-state index contributed by atoms with van der Waals surface area (Å²) in [5.74, 6) is -0.326. The number of carbonyl (C=O) groups is 1. The first-order valence-corrected chi connectivity index (χ1v) is 6.22. The Balaban J connectivity index is 5.10. The Morgan fingerprint density at radius 2 is 1.78 bits per heavy atom. The van der Waals surface area contributed by atoms with Crippen LogP contribution >= 0.6 is 0 Å². The topological polar surface area (TPSA) is 56.1 Å². The molecule has 1 N–H and O–H groups in total. The van der Waals surface area contributed by atoms with Gasteiger partial charge in [0.15, 0.2) is 0 Å². The molecule has 0 aromatic rings. The van der Waals surface area contributed by atoms with Gasteiger partial charge in [-0.2, -0.15) is 5.26 Å². The zero-order valence-corrected chi connectivity index (χ0v) is 12.6. The molecule has 18 heavy (non-hydrogen) atoms. The van der Waals surface area contributed by atoms with Crippen LogP contribution in [0.2, 0.25) is 0 Å². The second kappa shape index (κ2) is 5.90. The van der Waals surface area contributed by atoms with E-state index >= 15 is 0 Å². The van der Waals surface area contributed by atoms with Gasteiger partial charge in [0.05, 0.1) is 0 Å². The quantitative estimate of drug-likeness (QED) is 0.619. The van der Waals surface area contributed by atoms with E-state index in [1.165, 1.54) is 0 Å². The van der Waals surface area contributed by atoms with Gasteiger partial charge in [-0.15, -0.1) is 0 Å². The van der Waals surface area contributed by atoms with Gasteiger partial charge < -0.3 is 10.2 Å². The molecule has 0 aliphatic carbocycles. The second-order valence-corrected chi connectivity index (χ2v) is 6.32. The first kappa shape index (κ1) is 16.5. The number of amides is 1. The average molecular weight is 251 g/mol. The van der Waals surface area contributed by atoms with Crippen LogP contribution in [-0.2, 0) is 4.79 Å². The largest absolute Gasteiger partial charge is 0.372 e. The molecule has 0 atom stereocenters. The van der Waals surface area contributed by atoms with Crippen LogP contribution in [0, 0.1) is 11.3 Å². The molecule has 0 aromatic heterocycles. The summed E-state index contributed by atoms with van der Waals surface area (Å²) in [4.78, 5) is 13.9. The van der Waals surface area contributed by atoms with E-state index in [9.17, 15) is 4.79 Å². The molecule has 1 amide bonds. The molecule has 0 saturated carbocycles. The molecule has 0 aromatic carbocycles. The van der Waals surface area contributed by atoms with E-state index < -0.39 is 0 Å². The lowest BCUT2D eigenvalue weighted by Gasteiger charge is -2.34. The Morgan fingerprint density at radius 1 is 1.28 bits per heavy atom. The van der Waals surface area contributed by atoms with Gasteiger partial charge in [0.1, 0.15) is 11.6 Å². The van der Waals surface area contributed by atoms with E-state index in [-0.39, 0.29) is 22.6 Å². The number of carbonyl (C=O) groups excluding carboxylic acids is 1. The van der Waals surface area contributed by atoms with Crippen LogP contribution in [0.5, 0.6) is 0 Å². The molecule has 0 fully saturated rings. The number of rotatable bonds is 3. The van der Waals surface area contributed by atoms with Crippen molar-refractivity contribution in [1.82, 2.24) is 10.2 Å². The summed E-state index contributed by atoms with van der Waals surface area (Å²) < 4.78 is 0. The number of hydrogen-bond donors (Lipinski definition) is 1. The monoisotopic (exact) mass is 251 g/mol. The highest BCUT2D eigenvalue weighted by atomic mass is 16.1. The Hall–Kier alpha value is -1.50. The van der Waals surface area contributed by atoms with Crippen LogP contribution in [0.15, 0.2) is 11.8 Å². The maximum Gasteiger partial charge on any atom is 0.263 e. The Labute approximate surface area is 111 Å². The van der Waals surface area contributed by atoms with Crippen molar-refractivity contribution in [1.29, 1.82) is 5.26 Å². The van der Waals surface area contributed by atoms with Gasteiger partial charge in [-0.25, -0.2) is 0 Å². The van der Waals surface area contributed by atoms with Gasteiger partial charge in [0.2, 0.25) is 0 Å². The Kier molecular flexibility index (Phi) is 5.41. The van der Waals surface area contributed by atoms with Crippen LogP contribution in [-0.4, -0.2) is 28.4 Å². The molecule has 0 spiro atoms. The van der Waals surface area contributed by atoms with E-state index in [2.05, 4.69) is 5.32 Å². The van der Waals surface area contributed by atoms with Crippen molar-refractivity contribution in [2.45, 2.75) is 59.5 Å². The molecule has 4 nitrogen and oxygen atoms in total. The summed E-state index contributed by atoms with van der Waals surface area (Å²) in [5.41, 5.74) is -0.313. The van der Waals surface area contributed by atoms with Gasteiger partial charge in [-0.1, -0.05) is 0 Å². The fourth-order valence-electron chi connectivity index (χ4n) is 1.46. The minimum Gasteiger partial charge on any atom is -0.372 e. The van der Waals surface area contributed by atoms with Gasteiger partial charge in [-0.05, 0) is 48.5 Å². The minimum absolute atomic E-state index is 0.112. The average Bonchev–Trinajstić information content (AvgIpc) is 2.14. The van der Waals surface area contributed by atoms with E-state index in [4.69, 9.17) is 5.26 Å². The zero-order valence-electron chi connectivity index (χ0n) is 12.6. The normalized spacial score (nSPS) is 12.9. The van der Waals surface area contributed by atoms with Gasteiger partial charge in [0, 0.05) is 23.8 Å². The van der Waals surface area contributed by atoms with Gasteiger partial charge in [-0.3, -0.25) is 4.79 Å². The fraction of sp³-hybridized carbons (Fsp3) is 0.714. The standard InChI is InChI=1S/C14H25N3O/c1-8-17(14(5,6)7)10-11(9-15)12(18)16-13(2,3)4/h10H,8H2,1-7H3,(H,16,18)/b11-10-. The molecule has 102 valence electrons. The zero-order chi connectivity index (χ0) is 14.6. The van der Waals surface area contributed by atoms with Gasteiger partial charge in [0.25, 0.3) is 5.91 Å². The predicted octanol–water partition coefficient (Wildman–Crippen LogP) is 2.43. The molecule has 0 radical (unpaired) electrons. The number of nitrogens with one attached hydrogen (secondary N) is 1. The summed E-state index contributed by atoms with van der Waals surface area (Å²) in [5, 5.41) is 11.9. The lowest BCUT2D eigenvalue weighted by Crippen LogP contribution is -2.42. The van der Waals surface area contributed by atoms with E-state index in [1.54, 1.807) is 6.20 Å². The lowest BCUT2D eigenvalue weighted by atomic mass is 10.1. The van der Waals surface area contributed by atoms with E-state index in [0.717, 1.165) is 6.54 Å². The lowest BCUT2D eigenvalue weighted by molar-refractivity contribution is -0.118. The molecule has 0 aliphatic rings. The molecule has 0 rings (SSSR count). The summed E-state index contributed by atoms with van der Waals surface area (Å²) >= 11 is 0. The van der Waals surface area contributed by atoms with Crippen molar-refractivity contribution in [3.63, 3.8) is 0 Å². The first-order chi connectivity index (χ1) is 8.01. The highest BCUT2D eigenvalue weighted by Crippen LogP contribution is 2.15. The smallest absolute Gasteiger partial charge is 0.263 e. The Bertz CT molecular complexity index is 364. The van der Waals surface area contributed by atoms with E-state index in [0.29, 0.717) is 0 Å². The van der Waals surface area contributed by atoms with Crippen molar-refractivity contribution in [2.75, 3.05) is 6.54 Å². The van der Waals surface area contributed by atoms with Crippen LogP contribution in [0.3, 0.4) is 0 Å². The van der Waals surface area contributed by atoms with Crippen molar-refractivity contribution >= 4 is 5.91 Å². The Morgan fingerprint density at radius 3 is 2.06 bits per heavy atom. The SMILES string of the molecule is CCN(/C=C(/C#N)C(=O)NC(C)(C)C)C(C)(C)C. The van der Waals surface area contributed by atoms with Gasteiger partial charge >= 0.3 is 0 Å². The highest BCUT2D eigenvalue weighted by molar-refractivity contribution is 5.97. The molecule has 0 unspecified atom stereocenters. The predicted molar refractivity (Wildman–Crippen MR) is 73.7 cm³/mol. The maximum atomic E-state index is 11.9. The molecule has 0 saturated heterocycles. The molecule has 0 aliphatic heterocycles. The van der Waals surface area contributed by atoms with E-state index in [1.807, 2.05) is 59.4 Å². The molecule has 4 heteroatoms. The van der Waals surface area contributed by atoms with Crippen molar-refractivity contribution in [3.05, 3.63) is 11.8 Å². The highest BCUT2D eigenvalue weighted by Gasteiger charge is 2.21. The third kappa shape index (κ3) is 5.72. The minimum atomic E-state index is -0.341. The number of nitrogens with zero attached hydrogens (tertiary/aromatic N) is 2. The van der Waals surface area contributed by atoms with Crippen molar-refractivity contribution in [2.24, 2.45) is 0 Å². The molecule has 0 bridgehead atoms. The second-order valence-electron chi connectivity index (χ2n) is 6.32. The summed E-state index contributed by atoms with van der Waals surface area (Å²) in [6.45, 7) is 14.6. The van der Waals surface area contributed by atoms with Crippen LogP contribution in [0.4, 0.5) is 0 Å². The molecule has 0 heterocycles. The number of nitriles is 1. The maximum absolute atomic E-state index is 11.9. The molecular formula is C14H25N3O. The third-order valence-corrected chi connectivity index (χ3v) is 2.34. The van der Waals surface area contributed by atoms with Crippen molar-refractivity contribution in [3.8, 4) is 6.07 Å². The van der Waals surface area contributed by atoms with Crippen molar-refractivity contribution < 1.29 is 4.79 Å². The first-order valence-electron chi connectivity index (χ1n) is 6.22. The summed E-state index contributed by atoms with van der Waals surface area (Å²) in [7, 11) is 0.